The van der Waals surface area contributed by atoms with Crippen LogP contribution in [0.4, 0.5) is 13.2 Å². The third-order valence-electron chi connectivity index (χ3n) is 5.47. The number of aromatic nitrogens is 2. The average Bonchev–Trinajstić information content (AvgIpc) is 2.87. The average molecular weight is 566 g/mol. The predicted molar refractivity (Wildman–Crippen MR) is 137 cm³/mol. The van der Waals surface area contributed by atoms with Crippen LogP contribution < -0.4 is 10.1 Å². The van der Waals surface area contributed by atoms with Gasteiger partial charge in [-0.3, -0.25) is 4.79 Å². The lowest BCUT2D eigenvalue weighted by Crippen LogP contribution is -2.39. The maximum atomic E-state index is 12.9. The van der Waals surface area contributed by atoms with E-state index < -0.39 is 29.2 Å². The van der Waals surface area contributed by atoms with Crippen LogP contribution in [-0.2, 0) is 33.6 Å². The maximum absolute atomic E-state index is 12.9. The third kappa shape index (κ3) is 7.67. The first-order chi connectivity index (χ1) is 18.4. The van der Waals surface area contributed by atoms with Crippen LogP contribution in [0.3, 0.4) is 0 Å². The Kier molecular flexibility index (Phi) is 9.52. The summed E-state index contributed by atoms with van der Waals surface area (Å²) < 4.78 is 54.5. The summed E-state index contributed by atoms with van der Waals surface area (Å²) in [7, 11) is 1.42. The van der Waals surface area contributed by atoms with Crippen LogP contribution in [-0.4, -0.2) is 41.2 Å². The Morgan fingerprint density at radius 1 is 1.08 bits per heavy atom. The number of rotatable bonds is 10. The second-order valence-electron chi connectivity index (χ2n) is 8.83. The number of carbonyl (C=O) groups is 2. The molecule has 12 heteroatoms. The van der Waals surface area contributed by atoms with Gasteiger partial charge in [0.15, 0.2) is 11.4 Å². The van der Waals surface area contributed by atoms with Crippen molar-refractivity contribution < 1.29 is 37.0 Å². The molecule has 1 heterocycles. The molecular weight excluding hydrogens is 539 g/mol. The molecule has 0 bridgehead atoms. The molecule has 39 heavy (non-hydrogen) atoms. The fraction of sp³-hybridized carbons (Fsp3) is 0.333. The number of hydrogen-bond acceptors (Lipinski definition) is 7. The molecule has 0 unspecified atom stereocenters. The summed E-state index contributed by atoms with van der Waals surface area (Å²) in [6, 6.07) is 9.20. The van der Waals surface area contributed by atoms with Crippen molar-refractivity contribution in [1.29, 1.82) is 0 Å². The summed E-state index contributed by atoms with van der Waals surface area (Å²) in [6.07, 6.45) is -3.17. The highest BCUT2D eigenvalue weighted by molar-refractivity contribution is 6.31. The largest absolute Gasteiger partial charge is 0.476 e. The predicted octanol–water partition coefficient (Wildman–Crippen LogP) is 5.61. The van der Waals surface area contributed by atoms with Gasteiger partial charge < -0.3 is 19.5 Å². The van der Waals surface area contributed by atoms with Crippen molar-refractivity contribution in [2.24, 2.45) is 0 Å². The summed E-state index contributed by atoms with van der Waals surface area (Å²) in [5.41, 5.74) is -0.676. The first-order valence-corrected chi connectivity index (χ1v) is 12.2. The molecular formula is C27H27ClF3N3O5. The molecule has 0 aliphatic heterocycles. The highest BCUT2D eigenvalue weighted by Crippen LogP contribution is 2.30. The van der Waals surface area contributed by atoms with Crippen LogP contribution in [0.2, 0.25) is 5.02 Å². The first-order valence-electron chi connectivity index (χ1n) is 11.8. The van der Waals surface area contributed by atoms with E-state index in [9.17, 15) is 22.8 Å². The molecule has 1 aromatic heterocycles. The van der Waals surface area contributed by atoms with E-state index in [1.54, 1.807) is 32.9 Å². The second-order valence-corrected chi connectivity index (χ2v) is 9.24. The first kappa shape index (κ1) is 29.9. The van der Waals surface area contributed by atoms with Gasteiger partial charge in [0.2, 0.25) is 0 Å². The van der Waals surface area contributed by atoms with Crippen molar-refractivity contribution in [2.45, 2.75) is 45.7 Å². The highest BCUT2D eigenvalue weighted by atomic mass is 35.5. The summed E-state index contributed by atoms with van der Waals surface area (Å²) in [5.74, 6) is -0.517. The number of nitrogens with zero attached hydrogens (tertiary/aromatic N) is 2. The van der Waals surface area contributed by atoms with E-state index in [2.05, 4.69) is 15.3 Å². The Morgan fingerprint density at radius 2 is 1.77 bits per heavy atom. The number of hydrogen-bond donors (Lipinski definition) is 1. The molecule has 0 aliphatic carbocycles. The molecule has 3 aromatic rings. The number of methoxy groups -OCH3 is 1. The zero-order valence-electron chi connectivity index (χ0n) is 21.7. The molecule has 0 fully saturated rings. The van der Waals surface area contributed by atoms with E-state index in [1.165, 1.54) is 31.5 Å². The minimum Gasteiger partial charge on any atom is -0.476 e. The Bertz CT molecular complexity index is 1330. The van der Waals surface area contributed by atoms with E-state index >= 15 is 0 Å². The Balaban J connectivity index is 1.72. The highest BCUT2D eigenvalue weighted by Gasteiger charge is 2.32. The van der Waals surface area contributed by atoms with E-state index in [1.807, 2.05) is 0 Å². The number of benzene rings is 2. The monoisotopic (exact) mass is 565 g/mol. The molecule has 0 radical (unpaired) electrons. The van der Waals surface area contributed by atoms with Gasteiger partial charge in [0.05, 0.1) is 30.0 Å². The number of alkyl halides is 3. The smallest absolute Gasteiger partial charge is 0.416 e. The Labute approximate surface area is 228 Å². The standard InChI is InChI=1S/C27H27ClF3N3O5/c1-5-38-25(36)26(2,3)39-19-11-8-17(21(28)12-19)13-33-24(35)20-14-32-23(34-22(20)15-37-4)16-6-9-18(10-7-16)27(29,30)31/h6-12,14H,5,13,15H2,1-4H3,(H,33,35). The molecule has 0 spiro atoms. The fourth-order valence-electron chi connectivity index (χ4n) is 3.45. The van der Waals surface area contributed by atoms with Crippen LogP contribution in [0.1, 0.15) is 48.0 Å². The quantitative estimate of drug-likeness (QED) is 0.319. The summed E-state index contributed by atoms with van der Waals surface area (Å²) in [4.78, 5) is 33.5. The van der Waals surface area contributed by atoms with Crippen molar-refractivity contribution >= 4 is 23.5 Å². The summed E-state index contributed by atoms with van der Waals surface area (Å²) >= 11 is 6.37. The molecule has 0 saturated carbocycles. The number of amides is 1. The number of halogens is 4. The van der Waals surface area contributed by atoms with E-state index in [0.29, 0.717) is 21.9 Å². The molecule has 0 saturated heterocycles. The summed E-state index contributed by atoms with van der Waals surface area (Å²) in [5, 5.41) is 3.05. The van der Waals surface area contributed by atoms with Gasteiger partial charge in [0, 0.05) is 30.4 Å². The minimum atomic E-state index is -4.46. The van der Waals surface area contributed by atoms with Gasteiger partial charge in [0.25, 0.3) is 5.91 Å². The topological polar surface area (TPSA) is 99.6 Å². The zero-order chi connectivity index (χ0) is 28.8. The lowest BCUT2D eigenvalue weighted by Gasteiger charge is -2.24. The summed E-state index contributed by atoms with van der Waals surface area (Å²) in [6.45, 7) is 5.12. The molecule has 1 N–H and O–H groups in total. The number of esters is 1. The Hall–Kier alpha value is -3.70. The fourth-order valence-corrected chi connectivity index (χ4v) is 3.69. The van der Waals surface area contributed by atoms with Gasteiger partial charge in [-0.1, -0.05) is 29.8 Å². The maximum Gasteiger partial charge on any atom is 0.416 e. The van der Waals surface area contributed by atoms with Gasteiger partial charge in [-0.25, -0.2) is 14.8 Å². The van der Waals surface area contributed by atoms with Gasteiger partial charge in [0.1, 0.15) is 5.75 Å². The molecule has 0 aliphatic rings. The normalized spacial score (nSPS) is 11.7. The van der Waals surface area contributed by atoms with Gasteiger partial charge >= 0.3 is 12.1 Å². The van der Waals surface area contributed by atoms with Crippen molar-refractivity contribution in [3.8, 4) is 17.1 Å². The van der Waals surface area contributed by atoms with Crippen LogP contribution in [0, 0.1) is 0 Å². The van der Waals surface area contributed by atoms with Gasteiger partial charge in [-0.05, 0) is 50.6 Å². The van der Waals surface area contributed by atoms with Crippen molar-refractivity contribution in [3.63, 3.8) is 0 Å². The molecule has 3 rings (SSSR count). The lowest BCUT2D eigenvalue weighted by atomic mass is 10.1. The van der Waals surface area contributed by atoms with E-state index in [-0.39, 0.29) is 36.8 Å². The van der Waals surface area contributed by atoms with Crippen molar-refractivity contribution in [2.75, 3.05) is 13.7 Å². The number of carbonyl (C=O) groups excluding carboxylic acids is 2. The lowest BCUT2D eigenvalue weighted by molar-refractivity contribution is -0.158. The molecule has 0 atom stereocenters. The second kappa shape index (κ2) is 12.4. The molecule has 2 aromatic carbocycles. The van der Waals surface area contributed by atoms with Crippen molar-refractivity contribution in [3.05, 3.63) is 76.1 Å². The number of nitrogens with one attached hydrogen (secondary N) is 1. The Morgan fingerprint density at radius 3 is 2.36 bits per heavy atom. The van der Waals surface area contributed by atoms with Crippen LogP contribution in [0.5, 0.6) is 5.75 Å². The molecule has 1 amide bonds. The van der Waals surface area contributed by atoms with E-state index in [4.69, 9.17) is 25.8 Å². The van der Waals surface area contributed by atoms with Crippen LogP contribution in [0.25, 0.3) is 11.4 Å². The van der Waals surface area contributed by atoms with Crippen LogP contribution in [0.15, 0.2) is 48.7 Å². The van der Waals surface area contributed by atoms with Gasteiger partial charge in [-0.2, -0.15) is 13.2 Å². The van der Waals surface area contributed by atoms with Crippen LogP contribution >= 0.6 is 11.6 Å². The number of ether oxygens (including phenoxy) is 3. The SMILES string of the molecule is CCOC(=O)C(C)(C)Oc1ccc(CNC(=O)c2cnc(-c3ccc(C(F)(F)F)cc3)nc2COC)c(Cl)c1. The minimum absolute atomic E-state index is 0.0258. The van der Waals surface area contributed by atoms with Gasteiger partial charge in [-0.15, -0.1) is 0 Å². The zero-order valence-corrected chi connectivity index (χ0v) is 22.4. The molecule has 8 nitrogen and oxygen atoms in total. The van der Waals surface area contributed by atoms with Crippen molar-refractivity contribution in [1.82, 2.24) is 15.3 Å². The molecule has 208 valence electrons. The van der Waals surface area contributed by atoms with E-state index in [0.717, 1.165) is 12.1 Å². The third-order valence-corrected chi connectivity index (χ3v) is 5.82.